The zero-order valence-electron chi connectivity index (χ0n) is 19.7. The van der Waals surface area contributed by atoms with Crippen LogP contribution in [0.15, 0.2) is 6.20 Å². The van der Waals surface area contributed by atoms with Crippen LogP contribution >= 0.6 is 0 Å². The number of nitrogens with one attached hydrogen (secondary N) is 1. The second kappa shape index (κ2) is 8.74. The van der Waals surface area contributed by atoms with Gasteiger partial charge in [-0.15, -0.1) is 5.10 Å². The normalized spacial score (nSPS) is 26.0. The Morgan fingerprint density at radius 2 is 2.06 bits per heavy atom. The van der Waals surface area contributed by atoms with Crippen LogP contribution in [0.4, 0.5) is 0 Å². The van der Waals surface area contributed by atoms with Gasteiger partial charge in [0, 0.05) is 31.6 Å². The highest BCUT2D eigenvalue weighted by molar-refractivity contribution is 5.90. The number of carbonyl (C=O) groups is 2. The molecule has 1 aliphatic heterocycles. The average molecular weight is 448 g/mol. The Morgan fingerprint density at radius 1 is 1.34 bits per heavy atom. The van der Waals surface area contributed by atoms with Crippen molar-refractivity contribution in [3.05, 3.63) is 11.9 Å². The van der Waals surface area contributed by atoms with Gasteiger partial charge >= 0.3 is 0 Å². The molecule has 0 aromatic carbocycles. The number of aliphatic hydroxyl groups is 1. The molecule has 2 aliphatic carbocycles. The van der Waals surface area contributed by atoms with E-state index in [0.717, 1.165) is 31.4 Å². The largest absolute Gasteiger partial charge is 0.391 e. The van der Waals surface area contributed by atoms with E-state index in [9.17, 15) is 14.7 Å². The number of β-amino-alcohol motifs (C(OH)–C–C–N with tert-alkyl or cyclic N) is 1. The Morgan fingerprint density at radius 3 is 2.66 bits per heavy atom. The SMILES string of the molecule is CC1(OCCNC(=O)[C@@H]2C[C@@H](O)CN2C(=O)[C@@H](n2cc(C3CC3)nn2)C(C)(C)C)CCC1. The van der Waals surface area contributed by atoms with Gasteiger partial charge in [-0.25, -0.2) is 4.68 Å². The van der Waals surface area contributed by atoms with E-state index in [-0.39, 0.29) is 30.4 Å². The number of hydrogen-bond acceptors (Lipinski definition) is 6. The first-order chi connectivity index (χ1) is 15.1. The van der Waals surface area contributed by atoms with E-state index in [4.69, 9.17) is 4.74 Å². The first-order valence-electron chi connectivity index (χ1n) is 11.9. The van der Waals surface area contributed by atoms with Crippen molar-refractivity contribution in [1.82, 2.24) is 25.2 Å². The average Bonchev–Trinajstić information content (AvgIpc) is 3.30. The second-order valence-corrected chi connectivity index (χ2v) is 11.0. The lowest BCUT2D eigenvalue weighted by Gasteiger charge is -2.38. The van der Waals surface area contributed by atoms with Gasteiger partial charge in [0.15, 0.2) is 0 Å². The number of rotatable bonds is 8. The second-order valence-electron chi connectivity index (χ2n) is 11.0. The summed E-state index contributed by atoms with van der Waals surface area (Å²) in [6, 6.07) is -1.31. The predicted octanol–water partition coefficient (Wildman–Crippen LogP) is 1.78. The minimum absolute atomic E-state index is 0.0622. The van der Waals surface area contributed by atoms with E-state index in [0.29, 0.717) is 19.1 Å². The number of aliphatic hydroxyl groups excluding tert-OH is 1. The molecule has 3 fully saturated rings. The lowest BCUT2D eigenvalue weighted by atomic mass is 9.82. The minimum atomic E-state index is -0.724. The van der Waals surface area contributed by atoms with Crippen LogP contribution < -0.4 is 5.32 Å². The molecular weight excluding hydrogens is 410 g/mol. The minimum Gasteiger partial charge on any atom is -0.391 e. The topological polar surface area (TPSA) is 110 Å². The molecule has 3 atom stereocenters. The van der Waals surface area contributed by atoms with Crippen LogP contribution in [-0.4, -0.2) is 74.3 Å². The number of likely N-dealkylation sites (tertiary alicyclic amines) is 1. The molecule has 0 spiro atoms. The molecule has 3 aliphatic rings. The summed E-state index contributed by atoms with van der Waals surface area (Å²) in [7, 11) is 0. The summed E-state index contributed by atoms with van der Waals surface area (Å²) in [5.41, 5.74) is 0.419. The lowest BCUT2D eigenvalue weighted by Crippen LogP contribution is -2.51. The van der Waals surface area contributed by atoms with E-state index >= 15 is 0 Å². The van der Waals surface area contributed by atoms with E-state index in [1.54, 1.807) is 4.68 Å². The van der Waals surface area contributed by atoms with E-state index in [1.807, 2.05) is 27.0 Å². The fourth-order valence-electron chi connectivity index (χ4n) is 4.73. The van der Waals surface area contributed by atoms with Gasteiger partial charge in [-0.3, -0.25) is 9.59 Å². The summed E-state index contributed by atoms with van der Waals surface area (Å²) in [5.74, 6) is -0.0159. The monoisotopic (exact) mass is 447 g/mol. The lowest BCUT2D eigenvalue weighted by molar-refractivity contribution is -0.144. The maximum atomic E-state index is 13.7. The Kier molecular flexibility index (Phi) is 6.33. The number of nitrogens with zero attached hydrogens (tertiary/aromatic N) is 4. The van der Waals surface area contributed by atoms with Gasteiger partial charge in [-0.05, 0) is 44.4 Å². The quantitative estimate of drug-likeness (QED) is 0.588. The number of amides is 2. The highest BCUT2D eigenvalue weighted by Crippen LogP contribution is 2.40. The van der Waals surface area contributed by atoms with Gasteiger partial charge in [0.05, 0.1) is 24.0 Å². The van der Waals surface area contributed by atoms with Crippen LogP contribution in [0.1, 0.15) is 83.9 Å². The molecule has 178 valence electrons. The van der Waals surface area contributed by atoms with Crippen molar-refractivity contribution in [2.45, 2.75) is 95.9 Å². The molecule has 1 saturated heterocycles. The smallest absolute Gasteiger partial charge is 0.248 e. The van der Waals surface area contributed by atoms with Crippen LogP contribution in [0.2, 0.25) is 0 Å². The molecule has 2 amide bonds. The van der Waals surface area contributed by atoms with Crippen LogP contribution in [0, 0.1) is 5.41 Å². The van der Waals surface area contributed by atoms with Crippen LogP contribution in [-0.2, 0) is 14.3 Å². The summed E-state index contributed by atoms with van der Waals surface area (Å²) in [5, 5.41) is 21.7. The maximum Gasteiger partial charge on any atom is 0.248 e. The molecular formula is C23H37N5O4. The molecule has 1 aromatic rings. The molecule has 2 N–H and O–H groups in total. The fraction of sp³-hybridized carbons (Fsp3) is 0.826. The number of hydrogen-bond donors (Lipinski definition) is 2. The number of carbonyl (C=O) groups excluding carboxylic acids is 2. The number of ether oxygens (including phenoxy) is 1. The standard InChI is InChI=1S/C23H37N5O4/c1-22(2,3)19(28-14-17(25-26-28)15-6-7-15)21(31)27-13-16(29)12-18(27)20(30)24-10-11-32-23(4)8-5-9-23/h14-16,18-19,29H,5-13H2,1-4H3,(H,24,30)/t16-,18+,19-/m1/s1. The summed E-state index contributed by atoms with van der Waals surface area (Å²) < 4.78 is 7.52. The molecule has 0 radical (unpaired) electrons. The third kappa shape index (κ3) is 4.98. The maximum absolute atomic E-state index is 13.7. The Hall–Kier alpha value is -2.00. The Balaban J connectivity index is 1.42. The predicted molar refractivity (Wildman–Crippen MR) is 118 cm³/mol. The molecule has 9 heteroatoms. The van der Waals surface area contributed by atoms with Gasteiger partial charge in [-0.1, -0.05) is 26.0 Å². The fourth-order valence-corrected chi connectivity index (χ4v) is 4.73. The Bertz CT molecular complexity index is 840. The number of aromatic nitrogens is 3. The van der Waals surface area contributed by atoms with Gasteiger partial charge < -0.3 is 20.1 Å². The molecule has 32 heavy (non-hydrogen) atoms. The summed E-state index contributed by atoms with van der Waals surface area (Å²) in [4.78, 5) is 28.1. The van der Waals surface area contributed by atoms with E-state index < -0.39 is 23.6 Å². The van der Waals surface area contributed by atoms with Gasteiger partial charge in [0.2, 0.25) is 11.8 Å². The van der Waals surface area contributed by atoms with Crippen LogP contribution in [0.3, 0.4) is 0 Å². The van der Waals surface area contributed by atoms with Crippen molar-refractivity contribution in [2.75, 3.05) is 19.7 Å². The van der Waals surface area contributed by atoms with Gasteiger partial charge in [-0.2, -0.15) is 0 Å². The van der Waals surface area contributed by atoms with E-state index in [2.05, 4.69) is 22.6 Å². The molecule has 0 bridgehead atoms. The zero-order chi connectivity index (χ0) is 23.1. The third-order valence-corrected chi connectivity index (χ3v) is 6.97. The van der Waals surface area contributed by atoms with Crippen molar-refractivity contribution in [3.63, 3.8) is 0 Å². The Labute approximate surface area is 189 Å². The van der Waals surface area contributed by atoms with Gasteiger partial charge in [0.1, 0.15) is 12.1 Å². The van der Waals surface area contributed by atoms with Crippen molar-refractivity contribution in [3.8, 4) is 0 Å². The molecule has 2 heterocycles. The third-order valence-electron chi connectivity index (χ3n) is 6.97. The molecule has 1 aromatic heterocycles. The summed E-state index contributed by atoms with van der Waals surface area (Å²) in [6.07, 6.45) is 6.88. The first kappa shape index (κ1) is 23.2. The van der Waals surface area contributed by atoms with Crippen molar-refractivity contribution >= 4 is 11.8 Å². The molecule has 2 saturated carbocycles. The van der Waals surface area contributed by atoms with Crippen molar-refractivity contribution < 1.29 is 19.4 Å². The molecule has 0 unspecified atom stereocenters. The van der Waals surface area contributed by atoms with Crippen LogP contribution in [0.5, 0.6) is 0 Å². The molecule has 4 rings (SSSR count). The highest BCUT2D eigenvalue weighted by Gasteiger charge is 2.45. The molecule has 9 nitrogen and oxygen atoms in total. The van der Waals surface area contributed by atoms with Crippen LogP contribution in [0.25, 0.3) is 0 Å². The summed E-state index contributed by atoms with van der Waals surface area (Å²) >= 11 is 0. The van der Waals surface area contributed by atoms with Crippen molar-refractivity contribution in [2.24, 2.45) is 5.41 Å². The first-order valence-corrected chi connectivity index (χ1v) is 11.9. The zero-order valence-corrected chi connectivity index (χ0v) is 19.7. The summed E-state index contributed by atoms with van der Waals surface area (Å²) in [6.45, 7) is 9.01. The van der Waals surface area contributed by atoms with E-state index in [1.165, 1.54) is 11.3 Å². The highest BCUT2D eigenvalue weighted by atomic mass is 16.5. The van der Waals surface area contributed by atoms with Gasteiger partial charge in [0.25, 0.3) is 0 Å². The van der Waals surface area contributed by atoms with Crippen molar-refractivity contribution in [1.29, 1.82) is 0 Å².